The van der Waals surface area contributed by atoms with E-state index in [1.54, 1.807) is 0 Å². The molecule has 2 heteroatoms. The first-order chi connectivity index (χ1) is 5.79. The normalized spacial score (nSPS) is 23.8. The Morgan fingerprint density at radius 3 is 2.92 bits per heavy atom. The van der Waals surface area contributed by atoms with Crippen LogP contribution in [0, 0.1) is 5.92 Å². The minimum atomic E-state index is 0.497. The molecule has 1 fully saturated rings. The molecule has 0 unspecified atom stereocenters. The summed E-state index contributed by atoms with van der Waals surface area (Å²) in [4.78, 5) is 0. The van der Waals surface area contributed by atoms with Gasteiger partial charge in [0.15, 0.2) is 0 Å². The Hall–Kier alpha value is -0.0800. The van der Waals surface area contributed by atoms with E-state index in [-0.39, 0.29) is 0 Å². The SMILES string of the molecule is CC(C)CCCO[C@@H]1CCNC1. The monoisotopic (exact) mass is 171 g/mol. The summed E-state index contributed by atoms with van der Waals surface area (Å²) in [5.74, 6) is 0.815. The summed E-state index contributed by atoms with van der Waals surface area (Å²) in [7, 11) is 0. The molecule has 1 heterocycles. The van der Waals surface area contributed by atoms with Crippen molar-refractivity contribution >= 4 is 0 Å². The molecule has 1 rings (SSSR count). The van der Waals surface area contributed by atoms with Crippen LogP contribution in [-0.2, 0) is 4.74 Å². The number of ether oxygens (including phenoxy) is 1. The van der Waals surface area contributed by atoms with Crippen LogP contribution in [0.3, 0.4) is 0 Å². The van der Waals surface area contributed by atoms with Crippen LogP contribution in [0.4, 0.5) is 0 Å². The summed E-state index contributed by atoms with van der Waals surface area (Å²) in [5, 5.41) is 3.30. The van der Waals surface area contributed by atoms with E-state index in [9.17, 15) is 0 Å². The summed E-state index contributed by atoms with van der Waals surface area (Å²) in [6, 6.07) is 0. The fraction of sp³-hybridized carbons (Fsp3) is 1.00. The Morgan fingerprint density at radius 2 is 2.33 bits per heavy atom. The number of rotatable bonds is 5. The molecule has 0 bridgehead atoms. The summed E-state index contributed by atoms with van der Waals surface area (Å²) in [6.07, 6.45) is 4.20. The molecule has 0 saturated carbocycles. The Balaban J connectivity index is 1.88. The highest BCUT2D eigenvalue weighted by atomic mass is 16.5. The van der Waals surface area contributed by atoms with Gasteiger partial charge in [-0.1, -0.05) is 13.8 Å². The lowest BCUT2D eigenvalue weighted by atomic mass is 10.1. The largest absolute Gasteiger partial charge is 0.377 e. The van der Waals surface area contributed by atoms with E-state index in [1.807, 2.05) is 0 Å². The van der Waals surface area contributed by atoms with Gasteiger partial charge in [-0.25, -0.2) is 0 Å². The van der Waals surface area contributed by atoms with Gasteiger partial charge in [-0.15, -0.1) is 0 Å². The third-order valence-corrected chi connectivity index (χ3v) is 2.29. The molecule has 12 heavy (non-hydrogen) atoms. The van der Waals surface area contributed by atoms with Gasteiger partial charge in [-0.2, -0.15) is 0 Å². The molecule has 0 aromatic heterocycles. The standard InChI is InChI=1S/C10H21NO/c1-9(2)4-3-7-12-10-5-6-11-8-10/h9-11H,3-8H2,1-2H3/t10-/m1/s1. The Kier molecular flexibility index (Phi) is 4.62. The maximum Gasteiger partial charge on any atom is 0.0711 e. The first-order valence-electron chi connectivity index (χ1n) is 5.11. The van der Waals surface area contributed by atoms with Crippen LogP contribution < -0.4 is 5.32 Å². The van der Waals surface area contributed by atoms with Crippen molar-refractivity contribution in [3.05, 3.63) is 0 Å². The molecular weight excluding hydrogens is 150 g/mol. The number of hydrogen-bond acceptors (Lipinski definition) is 2. The highest BCUT2D eigenvalue weighted by Gasteiger charge is 2.13. The molecule has 1 N–H and O–H groups in total. The van der Waals surface area contributed by atoms with Gasteiger partial charge in [-0.3, -0.25) is 0 Å². The first-order valence-corrected chi connectivity index (χ1v) is 5.11. The molecule has 1 aliphatic heterocycles. The highest BCUT2D eigenvalue weighted by Crippen LogP contribution is 2.07. The lowest BCUT2D eigenvalue weighted by Crippen LogP contribution is -2.17. The summed E-state index contributed by atoms with van der Waals surface area (Å²) in [5.41, 5.74) is 0. The molecule has 1 atom stereocenters. The molecule has 1 aliphatic rings. The van der Waals surface area contributed by atoms with Gasteiger partial charge >= 0.3 is 0 Å². The zero-order valence-corrected chi connectivity index (χ0v) is 8.31. The highest BCUT2D eigenvalue weighted by molar-refractivity contribution is 4.70. The molecule has 2 nitrogen and oxygen atoms in total. The van der Waals surface area contributed by atoms with E-state index in [0.717, 1.165) is 25.6 Å². The Labute approximate surface area is 75.7 Å². The van der Waals surface area contributed by atoms with E-state index in [0.29, 0.717) is 6.10 Å². The minimum absolute atomic E-state index is 0.497. The molecular formula is C10H21NO. The second-order valence-corrected chi connectivity index (χ2v) is 4.02. The average Bonchev–Trinajstić information content (AvgIpc) is 2.49. The quantitative estimate of drug-likeness (QED) is 0.637. The van der Waals surface area contributed by atoms with Gasteiger partial charge < -0.3 is 10.1 Å². The molecule has 0 spiro atoms. The molecule has 0 aromatic carbocycles. The van der Waals surface area contributed by atoms with Crippen LogP contribution in [0.25, 0.3) is 0 Å². The first kappa shape index (κ1) is 10.0. The summed E-state index contributed by atoms with van der Waals surface area (Å²) >= 11 is 0. The number of nitrogens with one attached hydrogen (secondary N) is 1. The maximum atomic E-state index is 5.69. The van der Waals surface area contributed by atoms with Gasteiger partial charge in [0, 0.05) is 13.2 Å². The van der Waals surface area contributed by atoms with Crippen molar-refractivity contribution in [2.24, 2.45) is 5.92 Å². The minimum Gasteiger partial charge on any atom is -0.377 e. The molecule has 0 aromatic rings. The van der Waals surface area contributed by atoms with Gasteiger partial charge in [0.1, 0.15) is 0 Å². The fourth-order valence-corrected chi connectivity index (χ4v) is 1.51. The van der Waals surface area contributed by atoms with Crippen molar-refractivity contribution in [2.75, 3.05) is 19.7 Å². The summed E-state index contributed by atoms with van der Waals surface area (Å²) in [6.45, 7) is 7.66. The van der Waals surface area contributed by atoms with Crippen molar-refractivity contribution in [3.8, 4) is 0 Å². The van der Waals surface area contributed by atoms with Crippen LogP contribution in [0.1, 0.15) is 33.1 Å². The molecule has 1 saturated heterocycles. The predicted octanol–water partition coefficient (Wildman–Crippen LogP) is 1.80. The third-order valence-electron chi connectivity index (χ3n) is 2.29. The van der Waals surface area contributed by atoms with E-state index < -0.39 is 0 Å². The molecule has 0 amide bonds. The van der Waals surface area contributed by atoms with Crippen LogP contribution in [-0.4, -0.2) is 25.8 Å². The van der Waals surface area contributed by atoms with E-state index >= 15 is 0 Å². The van der Waals surface area contributed by atoms with Gasteiger partial charge in [0.25, 0.3) is 0 Å². The van der Waals surface area contributed by atoms with Gasteiger partial charge in [0.2, 0.25) is 0 Å². The molecule has 0 aliphatic carbocycles. The van der Waals surface area contributed by atoms with Crippen molar-refractivity contribution in [1.29, 1.82) is 0 Å². The van der Waals surface area contributed by atoms with Crippen LogP contribution in [0.2, 0.25) is 0 Å². The lowest BCUT2D eigenvalue weighted by molar-refractivity contribution is 0.0629. The van der Waals surface area contributed by atoms with Crippen molar-refractivity contribution in [2.45, 2.75) is 39.2 Å². The van der Waals surface area contributed by atoms with Crippen LogP contribution in [0.5, 0.6) is 0 Å². The number of hydrogen-bond donors (Lipinski definition) is 1. The topological polar surface area (TPSA) is 21.3 Å². The van der Waals surface area contributed by atoms with E-state index in [1.165, 1.54) is 19.3 Å². The summed E-state index contributed by atoms with van der Waals surface area (Å²) < 4.78 is 5.69. The van der Waals surface area contributed by atoms with Crippen molar-refractivity contribution in [3.63, 3.8) is 0 Å². The lowest BCUT2D eigenvalue weighted by Gasteiger charge is -2.10. The molecule has 0 radical (unpaired) electrons. The van der Waals surface area contributed by atoms with Crippen molar-refractivity contribution in [1.82, 2.24) is 5.32 Å². The van der Waals surface area contributed by atoms with Crippen LogP contribution in [0.15, 0.2) is 0 Å². The smallest absolute Gasteiger partial charge is 0.0711 e. The molecule has 72 valence electrons. The zero-order valence-electron chi connectivity index (χ0n) is 8.31. The zero-order chi connectivity index (χ0) is 8.81. The average molecular weight is 171 g/mol. The van der Waals surface area contributed by atoms with E-state index in [4.69, 9.17) is 4.74 Å². The Bertz CT molecular complexity index is 108. The second kappa shape index (κ2) is 5.55. The predicted molar refractivity (Wildman–Crippen MR) is 51.3 cm³/mol. The third kappa shape index (κ3) is 4.07. The van der Waals surface area contributed by atoms with E-state index in [2.05, 4.69) is 19.2 Å². The Morgan fingerprint density at radius 1 is 1.50 bits per heavy atom. The van der Waals surface area contributed by atoms with Crippen LogP contribution >= 0.6 is 0 Å². The van der Waals surface area contributed by atoms with Crippen molar-refractivity contribution < 1.29 is 4.74 Å². The van der Waals surface area contributed by atoms with Gasteiger partial charge in [0.05, 0.1) is 6.10 Å². The fourth-order valence-electron chi connectivity index (χ4n) is 1.51. The van der Waals surface area contributed by atoms with Gasteiger partial charge in [-0.05, 0) is 31.7 Å². The maximum absolute atomic E-state index is 5.69. The second-order valence-electron chi connectivity index (χ2n) is 4.02.